The molecule has 1 N–H and O–H groups in total. The third-order valence-electron chi connectivity index (χ3n) is 4.04. The molecule has 1 aliphatic rings. The van der Waals surface area contributed by atoms with Crippen molar-refractivity contribution in [3.8, 4) is 0 Å². The van der Waals surface area contributed by atoms with Gasteiger partial charge in [0.05, 0.1) is 0 Å². The number of anilines is 2. The normalized spacial score (nSPS) is 14.3. The fraction of sp³-hybridized carbons (Fsp3) is 0.278. The van der Waals surface area contributed by atoms with Crippen LogP contribution in [-0.2, 0) is 0 Å². The molecule has 1 aliphatic heterocycles. The van der Waals surface area contributed by atoms with E-state index in [0.717, 1.165) is 5.69 Å². The number of benzene rings is 1. The summed E-state index contributed by atoms with van der Waals surface area (Å²) in [6, 6.07) is 8.04. The summed E-state index contributed by atoms with van der Waals surface area (Å²) in [5.41, 5.74) is 1.34. The molecular weight excluding hydrogens is 321 g/mol. The summed E-state index contributed by atoms with van der Waals surface area (Å²) in [7, 11) is 0. The van der Waals surface area contributed by atoms with Crippen LogP contribution in [0.1, 0.15) is 10.5 Å². The van der Waals surface area contributed by atoms with Crippen molar-refractivity contribution in [3.63, 3.8) is 0 Å². The second kappa shape index (κ2) is 7.74. The summed E-state index contributed by atoms with van der Waals surface area (Å²) >= 11 is 0. The fourth-order valence-electron chi connectivity index (χ4n) is 2.71. The van der Waals surface area contributed by atoms with E-state index >= 15 is 0 Å². The Kier molecular flexibility index (Phi) is 5.23. The molecule has 0 bridgehead atoms. The number of amides is 1. The van der Waals surface area contributed by atoms with Gasteiger partial charge in [0.2, 0.25) is 5.95 Å². The van der Waals surface area contributed by atoms with Gasteiger partial charge in [-0.2, -0.15) is 0 Å². The Morgan fingerprint density at radius 2 is 1.92 bits per heavy atom. The first-order valence-electron chi connectivity index (χ1n) is 8.15. The topological polar surface area (TPSA) is 61.4 Å². The van der Waals surface area contributed by atoms with Gasteiger partial charge in [-0.15, -0.1) is 6.58 Å². The number of hydrogen-bond donors (Lipinski definition) is 1. The van der Waals surface area contributed by atoms with Crippen molar-refractivity contribution in [1.29, 1.82) is 0 Å². The highest BCUT2D eigenvalue weighted by molar-refractivity contribution is 5.92. The molecule has 0 unspecified atom stereocenters. The molecule has 0 saturated carbocycles. The van der Waals surface area contributed by atoms with E-state index in [1.807, 2.05) is 0 Å². The molecule has 2 heterocycles. The van der Waals surface area contributed by atoms with Crippen LogP contribution in [0.3, 0.4) is 0 Å². The Balaban J connectivity index is 1.61. The van der Waals surface area contributed by atoms with E-state index in [1.54, 1.807) is 35.4 Å². The molecule has 6 nitrogen and oxygen atoms in total. The number of nitrogens with one attached hydrogen (secondary N) is 1. The van der Waals surface area contributed by atoms with Crippen molar-refractivity contribution < 1.29 is 9.18 Å². The number of carbonyl (C=O) groups excluding carboxylic acids is 1. The van der Waals surface area contributed by atoms with Gasteiger partial charge >= 0.3 is 0 Å². The van der Waals surface area contributed by atoms with Gasteiger partial charge < -0.3 is 15.1 Å². The average molecular weight is 341 g/mol. The average Bonchev–Trinajstić information content (AvgIpc) is 2.67. The van der Waals surface area contributed by atoms with Crippen LogP contribution < -0.4 is 10.2 Å². The minimum atomic E-state index is -0.248. The van der Waals surface area contributed by atoms with Gasteiger partial charge in [0.25, 0.3) is 5.91 Å². The summed E-state index contributed by atoms with van der Waals surface area (Å²) < 4.78 is 13.0. The zero-order chi connectivity index (χ0) is 17.6. The van der Waals surface area contributed by atoms with E-state index in [9.17, 15) is 9.18 Å². The van der Waals surface area contributed by atoms with Crippen LogP contribution in [0.2, 0.25) is 0 Å². The molecule has 0 spiro atoms. The Morgan fingerprint density at radius 3 is 2.60 bits per heavy atom. The van der Waals surface area contributed by atoms with Crippen LogP contribution in [-0.4, -0.2) is 53.5 Å². The molecule has 0 radical (unpaired) electrons. The van der Waals surface area contributed by atoms with Gasteiger partial charge in [0.15, 0.2) is 0 Å². The lowest BCUT2D eigenvalue weighted by Crippen LogP contribution is -2.49. The van der Waals surface area contributed by atoms with Gasteiger partial charge in [0, 0.05) is 44.6 Å². The van der Waals surface area contributed by atoms with Crippen molar-refractivity contribution >= 4 is 17.5 Å². The third kappa shape index (κ3) is 4.12. The molecule has 7 heteroatoms. The highest BCUT2D eigenvalue weighted by Crippen LogP contribution is 2.17. The number of piperazine rings is 1. The summed E-state index contributed by atoms with van der Waals surface area (Å²) in [5, 5.41) is 2.98. The first-order valence-corrected chi connectivity index (χ1v) is 8.15. The standard InChI is InChI=1S/C18H20FN5O/c1-2-8-20-18-21-9-7-16(22-18)17(25)24-12-10-23(11-13-24)15-5-3-14(19)4-6-15/h2-7,9H,1,8,10-13H2,(H,20,21,22). The molecule has 3 rings (SSSR count). The number of rotatable bonds is 5. The van der Waals surface area contributed by atoms with Crippen LogP contribution in [0.15, 0.2) is 49.2 Å². The van der Waals surface area contributed by atoms with Gasteiger partial charge in [-0.05, 0) is 30.3 Å². The fourth-order valence-corrected chi connectivity index (χ4v) is 2.71. The maximum atomic E-state index is 13.0. The van der Waals surface area contributed by atoms with Crippen LogP contribution in [0.5, 0.6) is 0 Å². The maximum Gasteiger partial charge on any atom is 0.272 e. The van der Waals surface area contributed by atoms with Crippen molar-refractivity contribution in [2.75, 3.05) is 42.9 Å². The van der Waals surface area contributed by atoms with Crippen LogP contribution in [0, 0.1) is 5.82 Å². The maximum absolute atomic E-state index is 13.0. The second-order valence-electron chi connectivity index (χ2n) is 5.69. The molecule has 2 aromatic rings. The van der Waals surface area contributed by atoms with E-state index in [0.29, 0.717) is 44.4 Å². The highest BCUT2D eigenvalue weighted by Gasteiger charge is 2.23. The van der Waals surface area contributed by atoms with E-state index < -0.39 is 0 Å². The molecule has 0 aliphatic carbocycles. The smallest absolute Gasteiger partial charge is 0.272 e. The molecule has 1 saturated heterocycles. The largest absolute Gasteiger partial charge is 0.368 e. The van der Waals surface area contributed by atoms with Gasteiger partial charge in [-0.1, -0.05) is 6.08 Å². The number of nitrogens with zero attached hydrogens (tertiary/aromatic N) is 4. The Bertz CT molecular complexity index is 741. The van der Waals surface area contributed by atoms with Gasteiger partial charge in [-0.25, -0.2) is 14.4 Å². The van der Waals surface area contributed by atoms with Crippen molar-refractivity contribution in [2.45, 2.75) is 0 Å². The van der Waals surface area contributed by atoms with Crippen molar-refractivity contribution in [2.24, 2.45) is 0 Å². The van der Waals surface area contributed by atoms with Gasteiger partial charge in [0.1, 0.15) is 11.5 Å². The summed E-state index contributed by atoms with van der Waals surface area (Å²) in [6.45, 7) is 6.74. The van der Waals surface area contributed by atoms with Gasteiger partial charge in [-0.3, -0.25) is 4.79 Å². The monoisotopic (exact) mass is 341 g/mol. The molecule has 1 aromatic heterocycles. The van der Waals surface area contributed by atoms with E-state index in [2.05, 4.69) is 26.8 Å². The third-order valence-corrected chi connectivity index (χ3v) is 4.04. The highest BCUT2D eigenvalue weighted by atomic mass is 19.1. The molecule has 1 fully saturated rings. The number of carbonyl (C=O) groups is 1. The minimum absolute atomic E-state index is 0.109. The van der Waals surface area contributed by atoms with Crippen molar-refractivity contribution in [1.82, 2.24) is 14.9 Å². The van der Waals surface area contributed by atoms with E-state index in [1.165, 1.54) is 12.1 Å². The molecule has 25 heavy (non-hydrogen) atoms. The lowest BCUT2D eigenvalue weighted by Gasteiger charge is -2.36. The van der Waals surface area contributed by atoms with Crippen molar-refractivity contribution in [3.05, 3.63) is 60.7 Å². The molecule has 0 atom stereocenters. The van der Waals surface area contributed by atoms with Crippen LogP contribution >= 0.6 is 0 Å². The molecule has 1 amide bonds. The summed E-state index contributed by atoms with van der Waals surface area (Å²) in [6.07, 6.45) is 3.27. The van der Waals surface area contributed by atoms with Crippen LogP contribution in [0.4, 0.5) is 16.0 Å². The number of halogens is 1. The summed E-state index contributed by atoms with van der Waals surface area (Å²) in [5.74, 6) is 0.0562. The predicted octanol–water partition coefficient (Wildman–Crippen LogP) is 2.18. The first-order chi connectivity index (χ1) is 12.2. The number of hydrogen-bond acceptors (Lipinski definition) is 5. The van der Waals surface area contributed by atoms with E-state index in [-0.39, 0.29) is 11.7 Å². The second-order valence-corrected chi connectivity index (χ2v) is 5.69. The summed E-state index contributed by atoms with van der Waals surface area (Å²) in [4.78, 5) is 24.9. The molecule has 130 valence electrons. The Morgan fingerprint density at radius 1 is 1.20 bits per heavy atom. The Hall–Kier alpha value is -2.96. The minimum Gasteiger partial charge on any atom is -0.368 e. The predicted molar refractivity (Wildman–Crippen MR) is 95.2 cm³/mol. The first kappa shape index (κ1) is 16.9. The lowest BCUT2D eigenvalue weighted by molar-refractivity contribution is 0.0741. The zero-order valence-corrected chi connectivity index (χ0v) is 13.9. The zero-order valence-electron chi connectivity index (χ0n) is 13.9. The quantitative estimate of drug-likeness (QED) is 0.845. The Labute approximate surface area is 146 Å². The number of aromatic nitrogens is 2. The van der Waals surface area contributed by atoms with E-state index in [4.69, 9.17) is 0 Å². The lowest BCUT2D eigenvalue weighted by atomic mass is 10.2. The molecular formula is C18H20FN5O. The SMILES string of the molecule is C=CCNc1nccc(C(=O)N2CCN(c3ccc(F)cc3)CC2)n1. The van der Waals surface area contributed by atoms with Crippen LogP contribution in [0.25, 0.3) is 0 Å². The molecule has 1 aromatic carbocycles.